The standard InChI is InChI=1S/C40H24F2N2O4/c41-23-5-1-3-21(19-23)15-17-43-37(45)29-11-7-25-27-9-13-31-36-32(40(48)44(39(31)47)18-16-22-4-2-6-24(42)20-22)14-10-28(34(27)36)26-8-12-30(38(43)46)35(29)33(25)26/h1-14,19-20H,15-18H2. The number of imide groups is 2. The second-order valence-electron chi connectivity index (χ2n) is 12.4. The van der Waals surface area contributed by atoms with Gasteiger partial charge in [-0.3, -0.25) is 29.0 Å². The molecule has 48 heavy (non-hydrogen) atoms. The average Bonchev–Trinajstić information content (AvgIpc) is 3.09. The van der Waals surface area contributed by atoms with E-state index >= 15 is 0 Å². The van der Waals surface area contributed by atoms with E-state index in [2.05, 4.69) is 0 Å². The van der Waals surface area contributed by atoms with Gasteiger partial charge in [-0.25, -0.2) is 8.78 Å². The summed E-state index contributed by atoms with van der Waals surface area (Å²) >= 11 is 0. The van der Waals surface area contributed by atoms with Crippen molar-refractivity contribution in [2.45, 2.75) is 12.8 Å². The Kier molecular flexibility index (Phi) is 6.02. The molecule has 0 aliphatic carbocycles. The lowest BCUT2D eigenvalue weighted by Gasteiger charge is -2.30. The first-order chi connectivity index (χ1) is 23.3. The molecule has 0 N–H and O–H groups in total. The Bertz CT molecular complexity index is 2300. The number of hydrogen-bond acceptors (Lipinski definition) is 4. The van der Waals surface area contributed by atoms with E-state index in [1.807, 2.05) is 24.3 Å². The molecule has 7 aromatic rings. The molecular formula is C40H24F2N2O4. The van der Waals surface area contributed by atoms with Crippen molar-refractivity contribution >= 4 is 66.7 Å². The van der Waals surface area contributed by atoms with Crippen molar-refractivity contribution in [3.8, 4) is 0 Å². The van der Waals surface area contributed by atoms with Crippen molar-refractivity contribution in [2.75, 3.05) is 13.1 Å². The van der Waals surface area contributed by atoms with E-state index in [0.29, 0.717) is 57.0 Å². The van der Waals surface area contributed by atoms with Gasteiger partial charge in [0.25, 0.3) is 23.6 Å². The summed E-state index contributed by atoms with van der Waals surface area (Å²) in [6.45, 7) is 0.223. The van der Waals surface area contributed by atoms with E-state index in [-0.39, 0.29) is 24.7 Å². The summed E-state index contributed by atoms with van der Waals surface area (Å²) in [6.07, 6.45) is 0.646. The van der Waals surface area contributed by atoms with Crippen molar-refractivity contribution in [3.05, 3.63) is 142 Å². The summed E-state index contributed by atoms with van der Waals surface area (Å²) in [7, 11) is 0. The SMILES string of the molecule is O=C1c2ccc3c4ccc5c6c(ccc(c7ccc(c2c37)C(=O)N1CCc1cccc(F)c1)c64)C(=O)N(CCc1cccc(F)c1)C5=O. The lowest BCUT2D eigenvalue weighted by Crippen LogP contribution is -2.41. The molecule has 0 atom stereocenters. The van der Waals surface area contributed by atoms with Gasteiger partial charge in [-0.05, 0) is 105 Å². The molecule has 2 heterocycles. The number of fused-ring (bicyclic) bond motifs is 2. The number of amides is 4. The predicted octanol–water partition coefficient (Wildman–Crippen LogP) is 7.69. The average molecular weight is 635 g/mol. The quantitative estimate of drug-likeness (QED) is 0.107. The third kappa shape index (κ3) is 3.95. The summed E-state index contributed by atoms with van der Waals surface area (Å²) in [4.78, 5) is 57.6. The highest BCUT2D eigenvalue weighted by Gasteiger charge is 2.36. The Morgan fingerprint density at radius 2 is 0.750 bits per heavy atom. The van der Waals surface area contributed by atoms with Gasteiger partial charge in [0.2, 0.25) is 0 Å². The lowest BCUT2D eigenvalue weighted by molar-refractivity contribution is 0.0597. The van der Waals surface area contributed by atoms with Crippen LogP contribution in [0.3, 0.4) is 0 Å². The Balaban J connectivity index is 1.16. The molecule has 6 nitrogen and oxygen atoms in total. The summed E-state index contributed by atoms with van der Waals surface area (Å²) in [6, 6.07) is 26.7. The molecule has 9 rings (SSSR count). The van der Waals surface area contributed by atoms with Gasteiger partial charge in [0.15, 0.2) is 0 Å². The number of benzene rings is 7. The predicted molar refractivity (Wildman–Crippen MR) is 179 cm³/mol. The van der Waals surface area contributed by atoms with Gasteiger partial charge in [-0.1, -0.05) is 48.5 Å². The minimum Gasteiger partial charge on any atom is -0.274 e. The van der Waals surface area contributed by atoms with Crippen LogP contribution in [0, 0.1) is 11.6 Å². The first-order valence-corrected chi connectivity index (χ1v) is 15.7. The van der Waals surface area contributed by atoms with Crippen LogP contribution in [-0.4, -0.2) is 46.5 Å². The first-order valence-electron chi connectivity index (χ1n) is 15.7. The van der Waals surface area contributed by atoms with Crippen molar-refractivity contribution in [1.82, 2.24) is 9.80 Å². The fraction of sp³-hybridized carbons (Fsp3) is 0.100. The molecule has 2 aliphatic rings. The van der Waals surface area contributed by atoms with Crippen LogP contribution in [0.1, 0.15) is 52.6 Å². The summed E-state index contributed by atoms with van der Waals surface area (Å²) in [5.41, 5.74) is 3.04. The van der Waals surface area contributed by atoms with Crippen LogP contribution in [0.25, 0.3) is 43.1 Å². The van der Waals surface area contributed by atoms with E-state index in [1.165, 1.54) is 34.1 Å². The highest BCUT2D eigenvalue weighted by atomic mass is 19.1. The molecule has 8 heteroatoms. The second-order valence-corrected chi connectivity index (χ2v) is 12.4. The maximum Gasteiger partial charge on any atom is 0.261 e. The molecule has 0 aromatic heterocycles. The second kappa shape index (κ2) is 10.2. The summed E-state index contributed by atoms with van der Waals surface area (Å²) < 4.78 is 27.5. The molecular weight excluding hydrogens is 610 g/mol. The zero-order valence-electron chi connectivity index (χ0n) is 25.3. The highest BCUT2D eigenvalue weighted by Crippen LogP contribution is 2.46. The fourth-order valence-electron chi connectivity index (χ4n) is 7.64. The molecule has 232 valence electrons. The van der Waals surface area contributed by atoms with Crippen molar-refractivity contribution in [3.63, 3.8) is 0 Å². The van der Waals surface area contributed by atoms with E-state index in [1.54, 1.807) is 48.5 Å². The monoisotopic (exact) mass is 634 g/mol. The van der Waals surface area contributed by atoms with Gasteiger partial charge >= 0.3 is 0 Å². The lowest BCUT2D eigenvalue weighted by atomic mass is 9.82. The molecule has 0 fully saturated rings. The minimum absolute atomic E-state index is 0.112. The number of nitrogens with zero attached hydrogens (tertiary/aromatic N) is 2. The number of carbonyl (C=O) groups excluding carboxylic acids is 4. The zero-order chi connectivity index (χ0) is 32.8. The van der Waals surface area contributed by atoms with E-state index in [0.717, 1.165) is 32.3 Å². The van der Waals surface area contributed by atoms with Gasteiger partial charge in [0.05, 0.1) is 0 Å². The minimum atomic E-state index is -0.404. The normalized spacial score (nSPS) is 14.5. The largest absolute Gasteiger partial charge is 0.274 e. The van der Waals surface area contributed by atoms with E-state index < -0.39 is 23.6 Å². The maximum absolute atomic E-state index is 13.8. The molecule has 4 amide bonds. The molecule has 0 radical (unpaired) electrons. The molecule has 0 bridgehead atoms. The smallest absolute Gasteiger partial charge is 0.261 e. The molecule has 0 unspecified atom stereocenters. The van der Waals surface area contributed by atoms with Gasteiger partial charge in [0, 0.05) is 46.1 Å². The van der Waals surface area contributed by atoms with Gasteiger partial charge in [-0.2, -0.15) is 0 Å². The number of hydrogen-bond donors (Lipinski definition) is 0. The van der Waals surface area contributed by atoms with Crippen LogP contribution in [0.2, 0.25) is 0 Å². The van der Waals surface area contributed by atoms with Crippen LogP contribution in [0.4, 0.5) is 8.78 Å². The molecule has 0 spiro atoms. The number of halogens is 2. The van der Waals surface area contributed by atoms with Crippen LogP contribution in [-0.2, 0) is 12.8 Å². The summed E-state index contributed by atoms with van der Waals surface area (Å²) in [5, 5.41) is 5.95. The summed E-state index contributed by atoms with van der Waals surface area (Å²) in [5.74, 6) is -2.37. The first kappa shape index (κ1) is 28.2. The van der Waals surface area contributed by atoms with E-state index in [9.17, 15) is 28.0 Å². The Morgan fingerprint density at radius 1 is 0.417 bits per heavy atom. The van der Waals surface area contributed by atoms with E-state index in [4.69, 9.17) is 0 Å². The van der Waals surface area contributed by atoms with Crippen LogP contribution in [0.15, 0.2) is 97.1 Å². The maximum atomic E-state index is 13.8. The number of carbonyl (C=O) groups is 4. The van der Waals surface area contributed by atoms with Crippen LogP contribution >= 0.6 is 0 Å². The van der Waals surface area contributed by atoms with Crippen LogP contribution < -0.4 is 0 Å². The molecule has 2 aliphatic heterocycles. The van der Waals surface area contributed by atoms with Crippen molar-refractivity contribution in [1.29, 1.82) is 0 Å². The number of rotatable bonds is 6. The Hall–Kier alpha value is -6.02. The molecule has 7 aromatic carbocycles. The zero-order valence-corrected chi connectivity index (χ0v) is 25.3. The van der Waals surface area contributed by atoms with Gasteiger partial charge < -0.3 is 0 Å². The Labute approximate surface area is 272 Å². The Morgan fingerprint density at radius 3 is 1.06 bits per heavy atom. The van der Waals surface area contributed by atoms with Gasteiger partial charge in [0.1, 0.15) is 11.6 Å². The third-order valence-corrected chi connectivity index (χ3v) is 9.83. The van der Waals surface area contributed by atoms with Crippen molar-refractivity contribution < 1.29 is 28.0 Å². The van der Waals surface area contributed by atoms with Crippen LogP contribution in [0.5, 0.6) is 0 Å². The molecule has 0 saturated heterocycles. The van der Waals surface area contributed by atoms with Crippen molar-refractivity contribution in [2.24, 2.45) is 0 Å². The van der Waals surface area contributed by atoms with Gasteiger partial charge in [-0.15, -0.1) is 0 Å². The fourth-order valence-corrected chi connectivity index (χ4v) is 7.64. The third-order valence-electron chi connectivity index (χ3n) is 9.83. The highest BCUT2D eigenvalue weighted by molar-refractivity contribution is 6.41. The topological polar surface area (TPSA) is 74.8 Å². The molecule has 0 saturated carbocycles.